The molecule has 0 heterocycles. The van der Waals surface area contributed by atoms with Crippen LogP contribution < -0.4 is 0 Å². The number of unbranched alkanes of at least 4 members (excludes halogenated alkanes) is 2. The number of ether oxygens (including phenoxy) is 1. The van der Waals surface area contributed by atoms with Crippen LogP contribution in [0.4, 0.5) is 0 Å². The number of esters is 1. The third kappa shape index (κ3) is 6.49. The summed E-state index contributed by atoms with van der Waals surface area (Å²) in [5.41, 5.74) is -0.448. The van der Waals surface area contributed by atoms with Crippen LogP contribution in [0.3, 0.4) is 0 Å². The van der Waals surface area contributed by atoms with E-state index in [1.165, 1.54) is 0 Å². The molecule has 1 rings (SSSR count). The molecular formula is C13H25NO4S. The van der Waals surface area contributed by atoms with Crippen molar-refractivity contribution in [1.29, 1.82) is 0 Å². The molecule has 19 heavy (non-hydrogen) atoms. The van der Waals surface area contributed by atoms with Crippen LogP contribution in [0.1, 0.15) is 52.9 Å². The molecule has 0 aliphatic heterocycles. The smallest absolute Gasteiger partial charge is 0.311 e. The van der Waals surface area contributed by atoms with Gasteiger partial charge in [0, 0.05) is 12.6 Å². The molecular weight excluding hydrogens is 266 g/mol. The van der Waals surface area contributed by atoms with Crippen LogP contribution in [-0.4, -0.2) is 38.2 Å². The third-order valence-corrected chi connectivity index (χ3v) is 3.91. The second-order valence-corrected chi connectivity index (χ2v) is 6.98. The molecule has 0 aromatic carbocycles. The number of carbonyl (C=O) groups is 1. The Hall–Kier alpha value is -0.460. The van der Waals surface area contributed by atoms with E-state index < -0.39 is 16.7 Å². The molecule has 0 amide bonds. The minimum atomic E-state index is -1.85. The molecule has 0 radical (unpaired) electrons. The van der Waals surface area contributed by atoms with Crippen molar-refractivity contribution in [1.82, 2.24) is 4.31 Å². The first-order chi connectivity index (χ1) is 8.82. The Morgan fingerprint density at radius 3 is 2.42 bits per heavy atom. The second-order valence-electron chi connectivity index (χ2n) is 6.05. The molecule has 112 valence electrons. The normalized spacial score (nSPS) is 17.5. The molecule has 0 aromatic rings. The van der Waals surface area contributed by atoms with Gasteiger partial charge in [-0.15, -0.1) is 0 Å². The lowest BCUT2D eigenvalue weighted by molar-refractivity contribution is -0.153. The third-order valence-electron chi connectivity index (χ3n) is 3.02. The van der Waals surface area contributed by atoms with Crippen LogP contribution in [-0.2, 0) is 20.8 Å². The van der Waals surface area contributed by atoms with Gasteiger partial charge in [0.2, 0.25) is 11.3 Å². The van der Waals surface area contributed by atoms with Crippen LogP contribution in [0.15, 0.2) is 0 Å². The van der Waals surface area contributed by atoms with E-state index in [1.807, 2.05) is 20.8 Å². The van der Waals surface area contributed by atoms with Gasteiger partial charge in [0.15, 0.2) is 0 Å². The van der Waals surface area contributed by atoms with E-state index in [-0.39, 0.29) is 5.97 Å². The minimum Gasteiger partial charge on any atom is -0.465 e. The summed E-state index contributed by atoms with van der Waals surface area (Å²) in [5.74, 6) is -0.177. The number of hydrogen-bond acceptors (Lipinski definition) is 3. The minimum absolute atomic E-state index is 0.177. The lowest BCUT2D eigenvalue weighted by Gasteiger charge is -2.17. The molecule has 6 heteroatoms. The molecule has 0 bridgehead atoms. The monoisotopic (exact) mass is 291 g/mol. The molecule has 1 aliphatic rings. The van der Waals surface area contributed by atoms with E-state index in [0.717, 1.165) is 32.1 Å². The first-order valence-corrected chi connectivity index (χ1v) is 7.93. The second kappa shape index (κ2) is 7.36. The van der Waals surface area contributed by atoms with E-state index in [4.69, 9.17) is 9.29 Å². The van der Waals surface area contributed by atoms with Gasteiger partial charge in [-0.25, -0.2) is 4.21 Å². The molecule has 1 fully saturated rings. The molecule has 0 saturated heterocycles. The SMILES string of the molecule is CC(C)(C)C(=O)OCCCCCN(C1CC1)S(=O)O. The van der Waals surface area contributed by atoms with Crippen LogP contribution in [0.25, 0.3) is 0 Å². The van der Waals surface area contributed by atoms with Gasteiger partial charge in [-0.1, -0.05) is 0 Å². The highest BCUT2D eigenvalue weighted by Crippen LogP contribution is 2.27. The Bertz CT molecular complexity index is 323. The zero-order valence-electron chi connectivity index (χ0n) is 12.1. The molecule has 1 N–H and O–H groups in total. The average Bonchev–Trinajstić information content (AvgIpc) is 3.09. The van der Waals surface area contributed by atoms with Crippen molar-refractivity contribution in [2.24, 2.45) is 5.41 Å². The summed E-state index contributed by atoms with van der Waals surface area (Å²) in [7, 11) is 0. The number of carbonyl (C=O) groups excluding carboxylic acids is 1. The molecule has 0 spiro atoms. The largest absolute Gasteiger partial charge is 0.465 e. The summed E-state index contributed by atoms with van der Waals surface area (Å²) in [5, 5.41) is 0. The van der Waals surface area contributed by atoms with Gasteiger partial charge in [-0.3, -0.25) is 9.35 Å². The van der Waals surface area contributed by atoms with Crippen molar-refractivity contribution >= 4 is 17.2 Å². The summed E-state index contributed by atoms with van der Waals surface area (Å²) in [6.07, 6.45) is 4.61. The van der Waals surface area contributed by atoms with Gasteiger partial charge in [0.25, 0.3) is 0 Å². The van der Waals surface area contributed by atoms with Crippen LogP contribution >= 0.6 is 0 Å². The van der Waals surface area contributed by atoms with Crippen molar-refractivity contribution in [3.8, 4) is 0 Å². The lowest BCUT2D eigenvalue weighted by Crippen LogP contribution is -2.29. The standard InChI is InChI=1S/C13H25NO4S/c1-13(2,3)12(15)18-10-6-4-5-9-14(19(16)17)11-7-8-11/h11H,4-10H2,1-3H3,(H,16,17). The van der Waals surface area contributed by atoms with Crippen LogP contribution in [0, 0.1) is 5.41 Å². The molecule has 1 atom stereocenters. The molecule has 1 unspecified atom stereocenters. The first kappa shape index (κ1) is 16.6. The topological polar surface area (TPSA) is 66.8 Å². The van der Waals surface area contributed by atoms with Crippen molar-refractivity contribution in [3.05, 3.63) is 0 Å². The Kier molecular flexibility index (Phi) is 6.42. The van der Waals surface area contributed by atoms with E-state index in [9.17, 15) is 9.00 Å². The van der Waals surface area contributed by atoms with E-state index in [2.05, 4.69) is 0 Å². The zero-order valence-corrected chi connectivity index (χ0v) is 12.9. The fraction of sp³-hybridized carbons (Fsp3) is 0.923. The predicted molar refractivity (Wildman–Crippen MR) is 74.8 cm³/mol. The number of rotatable bonds is 8. The van der Waals surface area contributed by atoms with Crippen LogP contribution in [0.5, 0.6) is 0 Å². The fourth-order valence-electron chi connectivity index (χ4n) is 1.68. The van der Waals surface area contributed by atoms with Gasteiger partial charge in [-0.05, 0) is 52.9 Å². The number of nitrogens with zero attached hydrogens (tertiary/aromatic N) is 1. The maximum Gasteiger partial charge on any atom is 0.311 e. The summed E-state index contributed by atoms with van der Waals surface area (Å²) in [6.45, 7) is 6.57. The van der Waals surface area contributed by atoms with E-state index in [0.29, 0.717) is 19.2 Å². The Morgan fingerprint density at radius 1 is 1.32 bits per heavy atom. The van der Waals surface area contributed by atoms with Crippen molar-refractivity contribution in [2.45, 2.75) is 58.9 Å². The summed E-state index contributed by atoms with van der Waals surface area (Å²) in [4.78, 5) is 11.5. The highest BCUT2D eigenvalue weighted by molar-refractivity contribution is 7.76. The fourth-order valence-corrected chi connectivity index (χ4v) is 2.43. The quantitative estimate of drug-likeness (QED) is 0.423. The summed E-state index contributed by atoms with van der Waals surface area (Å²) < 4.78 is 27.0. The maximum absolute atomic E-state index is 11.5. The average molecular weight is 291 g/mol. The van der Waals surface area contributed by atoms with Crippen molar-refractivity contribution in [2.75, 3.05) is 13.2 Å². The van der Waals surface area contributed by atoms with Gasteiger partial charge in [0.1, 0.15) is 0 Å². The molecule has 0 aromatic heterocycles. The summed E-state index contributed by atoms with van der Waals surface area (Å²) >= 11 is -1.85. The van der Waals surface area contributed by atoms with Crippen molar-refractivity contribution < 1.29 is 18.3 Å². The Balaban J connectivity index is 2.05. The number of hydrogen-bond donors (Lipinski definition) is 1. The van der Waals surface area contributed by atoms with E-state index >= 15 is 0 Å². The molecule has 5 nitrogen and oxygen atoms in total. The Morgan fingerprint density at radius 2 is 1.95 bits per heavy atom. The van der Waals surface area contributed by atoms with Gasteiger partial charge in [-0.2, -0.15) is 4.31 Å². The Labute approximate surface area is 118 Å². The maximum atomic E-state index is 11.5. The van der Waals surface area contributed by atoms with Gasteiger partial charge >= 0.3 is 5.97 Å². The summed E-state index contributed by atoms with van der Waals surface area (Å²) in [6, 6.07) is 0.296. The molecule has 1 aliphatic carbocycles. The predicted octanol–water partition coefficient (Wildman–Crippen LogP) is 2.35. The molecule has 1 saturated carbocycles. The van der Waals surface area contributed by atoms with Crippen molar-refractivity contribution in [3.63, 3.8) is 0 Å². The highest BCUT2D eigenvalue weighted by Gasteiger charge is 2.31. The van der Waals surface area contributed by atoms with E-state index in [1.54, 1.807) is 4.31 Å². The van der Waals surface area contributed by atoms with Crippen LogP contribution in [0.2, 0.25) is 0 Å². The lowest BCUT2D eigenvalue weighted by atomic mass is 9.97. The zero-order chi connectivity index (χ0) is 14.5. The first-order valence-electron chi connectivity index (χ1n) is 6.87. The van der Waals surface area contributed by atoms with Gasteiger partial charge < -0.3 is 4.74 Å². The van der Waals surface area contributed by atoms with Gasteiger partial charge in [0.05, 0.1) is 12.0 Å². The highest BCUT2D eigenvalue weighted by atomic mass is 32.2.